The smallest absolute Gasteiger partial charge is 0.338 e. The zero-order valence-electron chi connectivity index (χ0n) is 10.3. The van der Waals surface area contributed by atoms with E-state index in [4.69, 9.17) is 4.74 Å². The van der Waals surface area contributed by atoms with Crippen LogP contribution in [-0.4, -0.2) is 17.7 Å². The Balaban J connectivity index is 2.25. The van der Waals surface area contributed by atoms with Crippen LogP contribution in [0.1, 0.15) is 47.7 Å². The second-order valence-corrected chi connectivity index (χ2v) is 4.64. The van der Waals surface area contributed by atoms with Crippen molar-refractivity contribution in [3.8, 4) is 0 Å². The third kappa shape index (κ3) is 2.20. The molecule has 0 radical (unpaired) electrons. The van der Waals surface area contributed by atoms with E-state index >= 15 is 0 Å². The van der Waals surface area contributed by atoms with Crippen molar-refractivity contribution in [1.82, 2.24) is 0 Å². The fraction of sp³-hybridized carbons (Fsp3) is 0.500. The van der Waals surface area contributed by atoms with Crippen molar-refractivity contribution in [3.05, 3.63) is 34.9 Å². The first-order valence-electron chi connectivity index (χ1n) is 6.07. The molecule has 0 saturated heterocycles. The van der Waals surface area contributed by atoms with Crippen LogP contribution in [0.3, 0.4) is 0 Å². The summed E-state index contributed by atoms with van der Waals surface area (Å²) in [4.78, 5) is 11.6. The zero-order valence-corrected chi connectivity index (χ0v) is 10.3. The SMILES string of the molecule is CCOC(=O)c1ccc(C2(O)CCC2)cc1C. The quantitative estimate of drug-likeness (QED) is 0.817. The van der Waals surface area contributed by atoms with Crippen molar-refractivity contribution in [2.24, 2.45) is 0 Å². The van der Waals surface area contributed by atoms with Crippen LogP contribution in [0.25, 0.3) is 0 Å². The molecule has 1 aliphatic rings. The second-order valence-electron chi connectivity index (χ2n) is 4.64. The van der Waals surface area contributed by atoms with Crippen molar-refractivity contribution in [2.75, 3.05) is 6.61 Å². The minimum atomic E-state index is -0.669. The Morgan fingerprint density at radius 1 is 1.47 bits per heavy atom. The predicted molar refractivity (Wildman–Crippen MR) is 64.9 cm³/mol. The van der Waals surface area contributed by atoms with Crippen LogP contribution in [0.2, 0.25) is 0 Å². The maximum Gasteiger partial charge on any atom is 0.338 e. The highest BCUT2D eigenvalue weighted by Crippen LogP contribution is 2.41. The van der Waals surface area contributed by atoms with Gasteiger partial charge >= 0.3 is 5.97 Å². The molecule has 17 heavy (non-hydrogen) atoms. The summed E-state index contributed by atoms with van der Waals surface area (Å²) in [5, 5.41) is 10.2. The maximum atomic E-state index is 11.6. The number of rotatable bonds is 3. The lowest BCUT2D eigenvalue weighted by atomic mass is 9.74. The van der Waals surface area contributed by atoms with E-state index in [1.807, 2.05) is 19.1 Å². The summed E-state index contributed by atoms with van der Waals surface area (Å²) in [5.41, 5.74) is 1.69. The van der Waals surface area contributed by atoms with Gasteiger partial charge in [-0.25, -0.2) is 4.79 Å². The average molecular weight is 234 g/mol. The molecule has 3 nitrogen and oxygen atoms in total. The summed E-state index contributed by atoms with van der Waals surface area (Å²) in [6, 6.07) is 5.47. The van der Waals surface area contributed by atoms with Crippen molar-refractivity contribution in [2.45, 2.75) is 38.7 Å². The molecule has 1 N–H and O–H groups in total. The number of esters is 1. The topological polar surface area (TPSA) is 46.5 Å². The number of aryl methyl sites for hydroxylation is 1. The summed E-state index contributed by atoms with van der Waals surface area (Å²) in [6.07, 6.45) is 2.69. The first-order valence-corrected chi connectivity index (χ1v) is 6.07. The molecule has 0 atom stereocenters. The summed E-state index contributed by atoms with van der Waals surface area (Å²) >= 11 is 0. The first-order chi connectivity index (χ1) is 8.07. The normalized spacial score (nSPS) is 17.4. The highest BCUT2D eigenvalue weighted by atomic mass is 16.5. The molecule has 92 valence electrons. The Kier molecular flexibility index (Phi) is 3.20. The predicted octanol–water partition coefficient (Wildman–Crippen LogP) is 2.54. The maximum absolute atomic E-state index is 11.6. The van der Waals surface area contributed by atoms with Crippen LogP contribution in [0, 0.1) is 6.92 Å². The fourth-order valence-electron chi connectivity index (χ4n) is 2.19. The number of carbonyl (C=O) groups is 1. The van der Waals surface area contributed by atoms with Gasteiger partial charge in [0.25, 0.3) is 0 Å². The molecule has 1 aromatic rings. The van der Waals surface area contributed by atoms with Gasteiger partial charge in [-0.15, -0.1) is 0 Å². The van der Waals surface area contributed by atoms with E-state index in [0.29, 0.717) is 12.2 Å². The van der Waals surface area contributed by atoms with E-state index in [0.717, 1.165) is 30.4 Å². The molecule has 1 aromatic carbocycles. The third-order valence-corrected chi connectivity index (χ3v) is 3.44. The summed E-state index contributed by atoms with van der Waals surface area (Å²) in [5.74, 6) is -0.294. The van der Waals surface area contributed by atoms with Gasteiger partial charge in [0.05, 0.1) is 17.8 Å². The van der Waals surface area contributed by atoms with Crippen LogP contribution in [0.5, 0.6) is 0 Å². The number of ether oxygens (including phenoxy) is 1. The lowest BCUT2D eigenvalue weighted by Gasteiger charge is -2.37. The van der Waals surface area contributed by atoms with Crippen molar-refractivity contribution in [3.63, 3.8) is 0 Å². The van der Waals surface area contributed by atoms with Crippen molar-refractivity contribution >= 4 is 5.97 Å². The van der Waals surface area contributed by atoms with E-state index in [1.54, 1.807) is 13.0 Å². The molecule has 1 aliphatic carbocycles. The number of benzene rings is 1. The van der Waals surface area contributed by atoms with Crippen molar-refractivity contribution in [1.29, 1.82) is 0 Å². The molecule has 0 spiro atoms. The Hall–Kier alpha value is -1.35. The summed E-state index contributed by atoms with van der Waals surface area (Å²) in [7, 11) is 0. The van der Waals surface area contributed by atoms with E-state index in [9.17, 15) is 9.90 Å². The van der Waals surface area contributed by atoms with Gasteiger partial charge in [0.15, 0.2) is 0 Å². The molecule has 3 heteroatoms. The van der Waals surface area contributed by atoms with E-state index in [2.05, 4.69) is 0 Å². The molecule has 0 heterocycles. The van der Waals surface area contributed by atoms with Crippen LogP contribution in [-0.2, 0) is 10.3 Å². The highest BCUT2D eigenvalue weighted by Gasteiger charge is 2.36. The Morgan fingerprint density at radius 2 is 2.18 bits per heavy atom. The lowest BCUT2D eigenvalue weighted by Crippen LogP contribution is -2.33. The van der Waals surface area contributed by atoms with Gasteiger partial charge in [-0.05, 0) is 50.3 Å². The zero-order chi connectivity index (χ0) is 12.5. The molecular weight excluding hydrogens is 216 g/mol. The van der Waals surface area contributed by atoms with E-state index in [1.165, 1.54) is 0 Å². The number of aliphatic hydroxyl groups is 1. The molecule has 1 fully saturated rings. The Morgan fingerprint density at radius 3 is 2.65 bits per heavy atom. The van der Waals surface area contributed by atoms with Gasteiger partial charge in [-0.1, -0.05) is 12.1 Å². The van der Waals surface area contributed by atoms with Gasteiger partial charge in [0.1, 0.15) is 0 Å². The fourth-order valence-corrected chi connectivity index (χ4v) is 2.19. The summed E-state index contributed by atoms with van der Waals surface area (Å²) < 4.78 is 4.97. The minimum absolute atomic E-state index is 0.294. The lowest BCUT2D eigenvalue weighted by molar-refractivity contribution is -0.0388. The van der Waals surface area contributed by atoms with Gasteiger partial charge in [0.2, 0.25) is 0 Å². The van der Waals surface area contributed by atoms with Crippen LogP contribution < -0.4 is 0 Å². The summed E-state index contributed by atoms with van der Waals surface area (Å²) in [6.45, 7) is 4.04. The van der Waals surface area contributed by atoms with Gasteiger partial charge in [-0.3, -0.25) is 0 Å². The molecule has 2 rings (SSSR count). The van der Waals surface area contributed by atoms with Crippen LogP contribution in [0.15, 0.2) is 18.2 Å². The largest absolute Gasteiger partial charge is 0.462 e. The minimum Gasteiger partial charge on any atom is -0.462 e. The highest BCUT2D eigenvalue weighted by molar-refractivity contribution is 5.91. The second kappa shape index (κ2) is 4.49. The van der Waals surface area contributed by atoms with Crippen LogP contribution in [0.4, 0.5) is 0 Å². The molecule has 0 aromatic heterocycles. The molecule has 1 saturated carbocycles. The Labute approximate surface area is 101 Å². The Bertz CT molecular complexity index is 433. The average Bonchev–Trinajstić information content (AvgIpc) is 2.26. The molecule has 0 unspecified atom stereocenters. The molecule has 0 aliphatic heterocycles. The van der Waals surface area contributed by atoms with E-state index < -0.39 is 5.60 Å². The molecular formula is C14H18O3. The molecule has 0 bridgehead atoms. The van der Waals surface area contributed by atoms with E-state index in [-0.39, 0.29) is 5.97 Å². The molecule has 0 amide bonds. The van der Waals surface area contributed by atoms with Crippen LogP contribution >= 0.6 is 0 Å². The van der Waals surface area contributed by atoms with Gasteiger partial charge < -0.3 is 9.84 Å². The first kappa shape index (κ1) is 12.1. The number of carbonyl (C=O) groups excluding carboxylic acids is 1. The number of hydrogen-bond donors (Lipinski definition) is 1. The third-order valence-electron chi connectivity index (χ3n) is 3.44. The van der Waals surface area contributed by atoms with Gasteiger partial charge in [-0.2, -0.15) is 0 Å². The van der Waals surface area contributed by atoms with Crippen molar-refractivity contribution < 1.29 is 14.6 Å². The van der Waals surface area contributed by atoms with Gasteiger partial charge in [0, 0.05) is 0 Å². The standard InChI is InChI=1S/C14H18O3/c1-3-17-13(15)12-6-5-11(9-10(12)2)14(16)7-4-8-14/h5-6,9,16H,3-4,7-8H2,1-2H3. The monoisotopic (exact) mass is 234 g/mol. The number of hydrogen-bond acceptors (Lipinski definition) is 3.